The van der Waals surface area contributed by atoms with Crippen molar-refractivity contribution in [2.45, 2.75) is 19.4 Å². The average molecular weight is 346 g/mol. The molecule has 0 bridgehead atoms. The van der Waals surface area contributed by atoms with Crippen LogP contribution >= 0.6 is 38.6 Å². The smallest absolute Gasteiger partial charge is 0.134 e. The van der Waals surface area contributed by atoms with Gasteiger partial charge in [-0.15, -0.1) is 11.3 Å². The molecule has 0 aliphatic carbocycles. The zero-order valence-corrected chi connectivity index (χ0v) is 13.6. The van der Waals surface area contributed by atoms with E-state index in [1.54, 1.807) is 29.8 Å². The average Bonchev–Trinajstić information content (AvgIpc) is 2.99. The maximum atomic E-state index is 5.44. The standard InChI is InChI=1S/C13H16BrNOS2/c1-3-5-15-12(9-7-17-8-10(9)14)13-11(16-2)4-6-18-13/h4,6-8,12,15H,3,5H2,1-2H3. The molecular formula is C13H16BrNOS2. The highest BCUT2D eigenvalue weighted by Crippen LogP contribution is 2.38. The number of halogens is 1. The highest BCUT2D eigenvalue weighted by Gasteiger charge is 2.21. The topological polar surface area (TPSA) is 21.3 Å². The molecule has 2 heterocycles. The van der Waals surface area contributed by atoms with Crippen LogP contribution in [0.25, 0.3) is 0 Å². The largest absolute Gasteiger partial charge is 0.496 e. The molecule has 0 fully saturated rings. The van der Waals surface area contributed by atoms with Crippen LogP contribution in [-0.4, -0.2) is 13.7 Å². The van der Waals surface area contributed by atoms with Gasteiger partial charge in [-0.05, 0) is 51.3 Å². The summed E-state index contributed by atoms with van der Waals surface area (Å²) in [6.45, 7) is 3.17. The van der Waals surface area contributed by atoms with Gasteiger partial charge in [-0.3, -0.25) is 0 Å². The normalized spacial score (nSPS) is 12.6. The number of rotatable bonds is 6. The Morgan fingerprint density at radius 2 is 2.28 bits per heavy atom. The Hall–Kier alpha value is -0.360. The minimum atomic E-state index is 0.209. The van der Waals surface area contributed by atoms with E-state index in [9.17, 15) is 0 Å². The van der Waals surface area contributed by atoms with Crippen molar-refractivity contribution in [1.82, 2.24) is 5.32 Å². The zero-order chi connectivity index (χ0) is 13.0. The van der Waals surface area contributed by atoms with Gasteiger partial charge in [-0.2, -0.15) is 11.3 Å². The molecule has 0 radical (unpaired) electrons. The first kappa shape index (κ1) is 14.1. The zero-order valence-electron chi connectivity index (χ0n) is 10.4. The molecular weight excluding hydrogens is 330 g/mol. The second kappa shape index (κ2) is 6.70. The maximum absolute atomic E-state index is 5.44. The molecule has 2 nitrogen and oxygen atoms in total. The van der Waals surface area contributed by atoms with Crippen LogP contribution in [0.3, 0.4) is 0 Å². The Kier molecular flexibility index (Phi) is 5.24. The minimum Gasteiger partial charge on any atom is -0.496 e. The van der Waals surface area contributed by atoms with E-state index in [1.807, 2.05) is 6.07 Å². The lowest BCUT2D eigenvalue weighted by Gasteiger charge is -2.18. The SMILES string of the molecule is CCCNC(c1cscc1Br)c1sccc1OC. The second-order valence-electron chi connectivity index (χ2n) is 3.92. The van der Waals surface area contributed by atoms with E-state index in [0.29, 0.717) is 0 Å². The van der Waals surface area contributed by atoms with Crippen molar-refractivity contribution in [2.75, 3.05) is 13.7 Å². The van der Waals surface area contributed by atoms with Gasteiger partial charge in [-0.25, -0.2) is 0 Å². The fraction of sp³-hybridized carbons (Fsp3) is 0.385. The summed E-state index contributed by atoms with van der Waals surface area (Å²) in [5.41, 5.74) is 1.29. The van der Waals surface area contributed by atoms with Crippen LogP contribution in [0, 0.1) is 0 Å². The van der Waals surface area contributed by atoms with Crippen molar-refractivity contribution >= 4 is 38.6 Å². The summed E-state index contributed by atoms with van der Waals surface area (Å²) in [5, 5.41) is 9.99. The molecule has 18 heavy (non-hydrogen) atoms. The second-order valence-corrected chi connectivity index (χ2v) is 6.46. The Morgan fingerprint density at radius 1 is 1.44 bits per heavy atom. The fourth-order valence-electron chi connectivity index (χ4n) is 1.82. The number of hydrogen-bond donors (Lipinski definition) is 1. The van der Waals surface area contributed by atoms with Crippen LogP contribution in [0.5, 0.6) is 5.75 Å². The lowest BCUT2D eigenvalue weighted by Crippen LogP contribution is -2.22. The lowest BCUT2D eigenvalue weighted by atomic mass is 10.1. The van der Waals surface area contributed by atoms with Gasteiger partial charge in [0.2, 0.25) is 0 Å². The Bertz CT molecular complexity index is 495. The van der Waals surface area contributed by atoms with Crippen LogP contribution in [0.2, 0.25) is 0 Å². The Balaban J connectivity index is 2.34. The highest BCUT2D eigenvalue weighted by molar-refractivity contribution is 9.10. The van der Waals surface area contributed by atoms with Gasteiger partial charge in [0.05, 0.1) is 18.0 Å². The summed E-state index contributed by atoms with van der Waals surface area (Å²) in [6, 6.07) is 2.24. The van der Waals surface area contributed by atoms with Crippen molar-refractivity contribution in [3.63, 3.8) is 0 Å². The van der Waals surface area contributed by atoms with E-state index in [1.165, 1.54) is 10.4 Å². The number of thiophene rings is 2. The van der Waals surface area contributed by atoms with Crippen LogP contribution < -0.4 is 10.1 Å². The van der Waals surface area contributed by atoms with E-state index in [0.717, 1.165) is 23.2 Å². The number of hydrogen-bond acceptors (Lipinski definition) is 4. The summed E-state index contributed by atoms with van der Waals surface area (Å²) in [6.07, 6.45) is 1.12. The minimum absolute atomic E-state index is 0.209. The predicted octanol–water partition coefficient (Wildman–Crippen LogP) is 4.67. The van der Waals surface area contributed by atoms with E-state index >= 15 is 0 Å². The first-order chi connectivity index (χ1) is 8.77. The van der Waals surface area contributed by atoms with Crippen molar-refractivity contribution in [3.05, 3.63) is 37.1 Å². The van der Waals surface area contributed by atoms with Gasteiger partial charge in [0.1, 0.15) is 5.75 Å². The molecule has 0 saturated carbocycles. The van der Waals surface area contributed by atoms with Gasteiger partial charge in [0.25, 0.3) is 0 Å². The van der Waals surface area contributed by atoms with Gasteiger partial charge in [0.15, 0.2) is 0 Å². The van der Waals surface area contributed by atoms with Crippen molar-refractivity contribution in [2.24, 2.45) is 0 Å². The van der Waals surface area contributed by atoms with Crippen molar-refractivity contribution in [3.8, 4) is 5.75 Å². The van der Waals surface area contributed by atoms with Crippen LogP contribution in [-0.2, 0) is 0 Å². The number of methoxy groups -OCH3 is 1. The first-order valence-electron chi connectivity index (χ1n) is 5.84. The quantitative estimate of drug-likeness (QED) is 0.821. The number of ether oxygens (including phenoxy) is 1. The molecule has 0 amide bonds. The summed E-state index contributed by atoms with van der Waals surface area (Å²) in [4.78, 5) is 1.24. The van der Waals surface area contributed by atoms with Crippen LogP contribution in [0.1, 0.15) is 29.8 Å². The summed E-state index contributed by atoms with van der Waals surface area (Å²) >= 11 is 7.08. The molecule has 0 aliphatic heterocycles. The van der Waals surface area contributed by atoms with Gasteiger partial charge >= 0.3 is 0 Å². The molecule has 0 saturated heterocycles. The van der Waals surface area contributed by atoms with Gasteiger partial charge in [0, 0.05) is 9.85 Å². The summed E-state index contributed by atoms with van der Waals surface area (Å²) in [5.74, 6) is 0.965. The predicted molar refractivity (Wildman–Crippen MR) is 83.0 cm³/mol. The molecule has 1 N–H and O–H groups in total. The molecule has 0 aromatic carbocycles. The van der Waals surface area contributed by atoms with E-state index in [4.69, 9.17) is 4.74 Å². The molecule has 2 rings (SSSR count). The molecule has 98 valence electrons. The summed E-state index contributed by atoms with van der Waals surface area (Å²) in [7, 11) is 1.73. The maximum Gasteiger partial charge on any atom is 0.134 e. The first-order valence-corrected chi connectivity index (χ1v) is 8.45. The molecule has 1 atom stereocenters. The van der Waals surface area contributed by atoms with Crippen molar-refractivity contribution < 1.29 is 4.74 Å². The lowest BCUT2D eigenvalue weighted by molar-refractivity contribution is 0.407. The molecule has 2 aromatic rings. The molecule has 0 spiro atoms. The van der Waals surface area contributed by atoms with Crippen LogP contribution in [0.4, 0.5) is 0 Å². The van der Waals surface area contributed by atoms with Gasteiger partial charge in [-0.1, -0.05) is 6.92 Å². The third-order valence-corrected chi connectivity index (χ3v) is 5.41. The van der Waals surface area contributed by atoms with Crippen LogP contribution in [0.15, 0.2) is 26.7 Å². The van der Waals surface area contributed by atoms with Gasteiger partial charge < -0.3 is 10.1 Å². The van der Waals surface area contributed by atoms with E-state index < -0.39 is 0 Å². The molecule has 0 aliphatic rings. The third-order valence-electron chi connectivity index (χ3n) is 2.69. The highest BCUT2D eigenvalue weighted by atomic mass is 79.9. The Morgan fingerprint density at radius 3 is 2.89 bits per heavy atom. The Labute approximate surface area is 124 Å². The van der Waals surface area contributed by atoms with Crippen molar-refractivity contribution in [1.29, 1.82) is 0 Å². The molecule has 1 unspecified atom stereocenters. The third kappa shape index (κ3) is 2.96. The van der Waals surface area contributed by atoms with E-state index in [2.05, 4.69) is 44.3 Å². The monoisotopic (exact) mass is 345 g/mol. The molecule has 5 heteroatoms. The number of nitrogens with one attached hydrogen (secondary N) is 1. The fourth-order valence-corrected chi connectivity index (χ4v) is 4.32. The molecule has 2 aromatic heterocycles. The summed E-state index contributed by atoms with van der Waals surface area (Å²) < 4.78 is 6.61. The van der Waals surface area contributed by atoms with E-state index in [-0.39, 0.29) is 6.04 Å².